The van der Waals surface area contributed by atoms with E-state index in [0.717, 1.165) is 4.88 Å². The van der Waals surface area contributed by atoms with E-state index in [0.29, 0.717) is 25.2 Å². The molecule has 0 bridgehead atoms. The molecule has 1 aromatic heterocycles. The van der Waals surface area contributed by atoms with Crippen molar-refractivity contribution in [2.45, 2.75) is 19.1 Å². The molecule has 1 unspecified atom stereocenters. The van der Waals surface area contributed by atoms with Gasteiger partial charge in [-0.2, -0.15) is 0 Å². The van der Waals surface area contributed by atoms with Crippen LogP contribution in [0.1, 0.15) is 22.2 Å². The minimum Gasteiger partial charge on any atom is -0.478 e. The number of hydrogen-bond acceptors (Lipinski definition) is 5. The molecule has 102 valence electrons. The Bertz CT molecular complexity index is 402. The summed E-state index contributed by atoms with van der Waals surface area (Å²) < 4.78 is 0. The van der Waals surface area contributed by atoms with E-state index in [2.05, 4.69) is 5.32 Å². The van der Waals surface area contributed by atoms with Crippen molar-refractivity contribution in [3.8, 4) is 0 Å². The van der Waals surface area contributed by atoms with Gasteiger partial charge in [-0.15, -0.1) is 11.3 Å². The molecule has 1 aromatic rings. The highest BCUT2D eigenvalue weighted by Crippen LogP contribution is 2.14. The number of carboxylic acid groups (broad SMARTS) is 1. The van der Waals surface area contributed by atoms with E-state index in [1.807, 2.05) is 19.0 Å². The largest absolute Gasteiger partial charge is 0.478 e. The Labute approximate surface area is 111 Å². The summed E-state index contributed by atoms with van der Waals surface area (Å²) in [4.78, 5) is 13.6. The predicted molar refractivity (Wildman–Crippen MR) is 72.2 cm³/mol. The van der Waals surface area contributed by atoms with Crippen molar-refractivity contribution in [1.29, 1.82) is 0 Å². The highest BCUT2D eigenvalue weighted by Gasteiger charge is 2.20. The summed E-state index contributed by atoms with van der Waals surface area (Å²) in [7, 11) is 3.82. The standard InChI is InChI=1S/C12H20N2O3S/c1-12(17,8-14(2)3)7-13-5-10-4-9(6-18-10)11(15)16/h4,6,13,17H,5,7-8H2,1-3H3,(H,15,16). The number of likely N-dealkylation sites (N-methyl/N-ethyl adjacent to an activating group) is 1. The summed E-state index contributed by atoms with van der Waals surface area (Å²) >= 11 is 1.41. The Morgan fingerprint density at radius 2 is 2.22 bits per heavy atom. The number of aliphatic hydroxyl groups is 1. The van der Waals surface area contributed by atoms with Gasteiger partial charge in [0.15, 0.2) is 0 Å². The Morgan fingerprint density at radius 1 is 1.56 bits per heavy atom. The fourth-order valence-corrected chi connectivity index (χ4v) is 2.61. The van der Waals surface area contributed by atoms with Crippen LogP contribution in [0.3, 0.4) is 0 Å². The Balaban J connectivity index is 2.39. The van der Waals surface area contributed by atoms with Gasteiger partial charge in [0.05, 0.1) is 11.2 Å². The monoisotopic (exact) mass is 272 g/mol. The van der Waals surface area contributed by atoms with Gasteiger partial charge in [-0.1, -0.05) is 0 Å². The van der Waals surface area contributed by atoms with Crippen molar-refractivity contribution in [1.82, 2.24) is 10.2 Å². The zero-order valence-electron chi connectivity index (χ0n) is 10.9. The molecule has 1 atom stereocenters. The van der Waals surface area contributed by atoms with Crippen LogP contribution in [0.5, 0.6) is 0 Å². The van der Waals surface area contributed by atoms with Crippen molar-refractivity contribution in [3.05, 3.63) is 21.9 Å². The van der Waals surface area contributed by atoms with Gasteiger partial charge in [-0.3, -0.25) is 0 Å². The minimum absolute atomic E-state index is 0.317. The van der Waals surface area contributed by atoms with Gasteiger partial charge in [0, 0.05) is 29.9 Å². The first kappa shape index (κ1) is 15.1. The topological polar surface area (TPSA) is 72.8 Å². The lowest BCUT2D eigenvalue weighted by atomic mass is 10.1. The van der Waals surface area contributed by atoms with E-state index in [-0.39, 0.29) is 0 Å². The van der Waals surface area contributed by atoms with Gasteiger partial charge in [-0.05, 0) is 27.1 Å². The van der Waals surface area contributed by atoms with Crippen LogP contribution in [0, 0.1) is 0 Å². The number of nitrogens with zero attached hydrogens (tertiary/aromatic N) is 1. The Hall–Kier alpha value is -0.950. The van der Waals surface area contributed by atoms with Gasteiger partial charge < -0.3 is 20.4 Å². The molecule has 0 aromatic carbocycles. The summed E-state index contributed by atoms with van der Waals surface area (Å²) in [5.41, 5.74) is -0.479. The van der Waals surface area contributed by atoms with E-state index in [1.165, 1.54) is 11.3 Å². The molecule has 1 rings (SSSR count). The molecule has 5 nitrogen and oxygen atoms in total. The maximum absolute atomic E-state index is 10.7. The second kappa shape index (κ2) is 6.29. The molecule has 0 saturated carbocycles. The smallest absolute Gasteiger partial charge is 0.336 e. The number of nitrogens with one attached hydrogen (secondary N) is 1. The van der Waals surface area contributed by atoms with Crippen molar-refractivity contribution < 1.29 is 15.0 Å². The molecule has 3 N–H and O–H groups in total. The number of thiophene rings is 1. The second-order valence-corrected chi connectivity index (χ2v) is 5.94. The Morgan fingerprint density at radius 3 is 2.72 bits per heavy atom. The first-order valence-corrected chi connectivity index (χ1v) is 6.57. The first-order valence-electron chi connectivity index (χ1n) is 5.69. The molecule has 0 fully saturated rings. The van der Waals surface area contributed by atoms with Crippen LogP contribution in [0.25, 0.3) is 0 Å². The molecule has 0 aliphatic rings. The average Bonchev–Trinajstić information content (AvgIpc) is 2.63. The maximum atomic E-state index is 10.7. The molecular formula is C12H20N2O3S. The van der Waals surface area contributed by atoms with Gasteiger partial charge >= 0.3 is 5.97 Å². The van der Waals surface area contributed by atoms with E-state index in [9.17, 15) is 9.90 Å². The van der Waals surface area contributed by atoms with Gasteiger partial charge in [0.2, 0.25) is 0 Å². The summed E-state index contributed by atoms with van der Waals surface area (Å²) in [6, 6.07) is 1.65. The van der Waals surface area contributed by atoms with Crippen molar-refractivity contribution in [2.24, 2.45) is 0 Å². The third kappa shape index (κ3) is 5.14. The van der Waals surface area contributed by atoms with Crippen LogP contribution in [0.2, 0.25) is 0 Å². The number of carbonyl (C=O) groups is 1. The Kier molecular flexibility index (Phi) is 5.28. The third-order valence-corrected chi connectivity index (χ3v) is 3.30. The fourth-order valence-electron chi connectivity index (χ4n) is 1.78. The second-order valence-electron chi connectivity index (χ2n) is 4.95. The number of aromatic carboxylic acids is 1. The maximum Gasteiger partial charge on any atom is 0.336 e. The lowest BCUT2D eigenvalue weighted by Crippen LogP contribution is -2.45. The van der Waals surface area contributed by atoms with E-state index >= 15 is 0 Å². The van der Waals surface area contributed by atoms with Crippen LogP contribution in [0.15, 0.2) is 11.4 Å². The molecule has 0 aliphatic carbocycles. The zero-order valence-corrected chi connectivity index (χ0v) is 11.8. The number of carboxylic acids is 1. The van der Waals surface area contributed by atoms with Crippen LogP contribution in [0.4, 0.5) is 0 Å². The van der Waals surface area contributed by atoms with Crippen LogP contribution in [-0.4, -0.2) is 53.9 Å². The molecule has 1 heterocycles. The van der Waals surface area contributed by atoms with Crippen molar-refractivity contribution >= 4 is 17.3 Å². The summed E-state index contributed by atoms with van der Waals surface area (Å²) in [6.07, 6.45) is 0. The van der Waals surface area contributed by atoms with Crippen molar-refractivity contribution in [2.75, 3.05) is 27.2 Å². The van der Waals surface area contributed by atoms with E-state index < -0.39 is 11.6 Å². The fraction of sp³-hybridized carbons (Fsp3) is 0.583. The SMILES string of the molecule is CN(C)CC(C)(O)CNCc1cc(C(=O)O)cs1. The number of hydrogen-bond donors (Lipinski definition) is 3. The molecule has 18 heavy (non-hydrogen) atoms. The van der Waals surface area contributed by atoms with E-state index in [4.69, 9.17) is 5.11 Å². The highest BCUT2D eigenvalue weighted by molar-refractivity contribution is 7.10. The normalized spacial score (nSPS) is 14.7. The number of rotatable bonds is 7. The molecule has 0 aliphatic heterocycles. The molecule has 6 heteroatoms. The minimum atomic E-state index is -0.905. The zero-order chi connectivity index (χ0) is 13.8. The van der Waals surface area contributed by atoms with Crippen LogP contribution >= 0.6 is 11.3 Å². The molecular weight excluding hydrogens is 252 g/mol. The highest BCUT2D eigenvalue weighted by atomic mass is 32.1. The van der Waals surface area contributed by atoms with Crippen LogP contribution in [-0.2, 0) is 6.54 Å². The van der Waals surface area contributed by atoms with Crippen LogP contribution < -0.4 is 5.32 Å². The molecule has 0 spiro atoms. The van der Waals surface area contributed by atoms with E-state index in [1.54, 1.807) is 18.4 Å². The first-order chi connectivity index (χ1) is 8.30. The summed E-state index contributed by atoms with van der Waals surface area (Å²) in [6.45, 7) is 3.38. The summed E-state index contributed by atoms with van der Waals surface area (Å²) in [5.74, 6) is -0.905. The molecule has 0 amide bonds. The summed E-state index contributed by atoms with van der Waals surface area (Å²) in [5, 5.41) is 23.6. The van der Waals surface area contributed by atoms with Crippen molar-refractivity contribution in [3.63, 3.8) is 0 Å². The van der Waals surface area contributed by atoms with Gasteiger partial charge in [0.1, 0.15) is 0 Å². The van der Waals surface area contributed by atoms with Gasteiger partial charge in [0.25, 0.3) is 0 Å². The quantitative estimate of drug-likeness (QED) is 0.686. The predicted octanol–water partition coefficient (Wildman–Crippen LogP) is 0.848. The van der Waals surface area contributed by atoms with Gasteiger partial charge in [-0.25, -0.2) is 4.79 Å². The average molecular weight is 272 g/mol. The lowest BCUT2D eigenvalue weighted by Gasteiger charge is -2.27. The molecule has 0 saturated heterocycles. The third-order valence-electron chi connectivity index (χ3n) is 2.36. The molecule has 0 radical (unpaired) electrons. The lowest BCUT2D eigenvalue weighted by molar-refractivity contribution is 0.0336.